The summed E-state index contributed by atoms with van der Waals surface area (Å²) in [5.74, 6) is 0.861. The van der Waals surface area contributed by atoms with Crippen LogP contribution in [0.15, 0.2) is 100 Å². The number of fused-ring (bicyclic) bond motifs is 5. The minimum absolute atomic E-state index is 0.0941. The largest absolute Gasteiger partial charge is 0.511 e. The molecule has 6 aliphatic rings. The summed E-state index contributed by atoms with van der Waals surface area (Å²) in [6.07, 6.45) is 20.8. The van der Waals surface area contributed by atoms with Crippen LogP contribution in [0.5, 0.6) is 0 Å². The Hall–Kier alpha value is -3.68. The van der Waals surface area contributed by atoms with Gasteiger partial charge in [-0.1, -0.05) is 79.6 Å². The van der Waals surface area contributed by atoms with Crippen molar-refractivity contribution in [2.75, 3.05) is 0 Å². The molecule has 0 radical (unpaired) electrons. The zero-order valence-electron chi connectivity index (χ0n) is 21.6. The molecule has 1 saturated carbocycles. The summed E-state index contributed by atoms with van der Waals surface area (Å²) < 4.78 is 6.38. The molecule has 7 heteroatoms. The lowest BCUT2D eigenvalue weighted by Gasteiger charge is -2.41. The van der Waals surface area contributed by atoms with E-state index in [1.54, 1.807) is 0 Å². The van der Waals surface area contributed by atoms with Gasteiger partial charge in [-0.15, -0.1) is 0 Å². The van der Waals surface area contributed by atoms with Crippen LogP contribution in [0, 0.1) is 23.7 Å². The third-order valence-electron chi connectivity index (χ3n) is 8.78. The number of ether oxygens (including phenoxy) is 1. The molecule has 7 nitrogen and oxygen atoms in total. The maximum atomic E-state index is 10.8. The fraction of sp³-hybridized carbons (Fsp3) is 0.375. The highest BCUT2D eigenvalue weighted by molar-refractivity contribution is 6.27. The first-order valence-corrected chi connectivity index (χ1v) is 14.0. The number of aliphatic hydroxyl groups excluding tert-OH is 3. The molecule has 4 N–H and O–H groups in total. The molecule has 0 aromatic heterocycles. The number of amidine groups is 2. The Morgan fingerprint density at radius 2 is 1.74 bits per heavy atom. The van der Waals surface area contributed by atoms with E-state index < -0.39 is 18.4 Å². The van der Waals surface area contributed by atoms with Crippen molar-refractivity contribution in [2.24, 2.45) is 33.7 Å². The van der Waals surface area contributed by atoms with Gasteiger partial charge in [0.25, 0.3) is 0 Å². The molecule has 1 aromatic carbocycles. The minimum atomic E-state index is -1.16. The zero-order chi connectivity index (χ0) is 26.5. The van der Waals surface area contributed by atoms with E-state index in [1.165, 1.54) is 17.7 Å². The number of nitrogens with one attached hydrogen (secondary N) is 1. The molecule has 200 valence electrons. The van der Waals surface area contributed by atoms with E-state index in [2.05, 4.69) is 66.0 Å². The number of aliphatic hydroxyl groups is 3. The summed E-state index contributed by atoms with van der Waals surface area (Å²) in [6.45, 7) is 0. The lowest BCUT2D eigenvalue weighted by molar-refractivity contribution is -0.0118. The number of benzene rings is 1. The van der Waals surface area contributed by atoms with Crippen molar-refractivity contribution in [2.45, 2.75) is 50.2 Å². The predicted octanol–water partition coefficient (Wildman–Crippen LogP) is 5.23. The first-order chi connectivity index (χ1) is 19.0. The second-order valence-corrected chi connectivity index (χ2v) is 11.2. The molecule has 7 unspecified atom stereocenters. The standard InChI is InChI=1S/C32H33N3O4/c36-19-15-27(37)29(28(38)16-19)31-33-30(34-32(35-31)39-20-8-2-3-9-20)26-17-25-21-10-4-1-7-18(21)13-14-24(25)22-11-5-6-12-23(22)26/h1,4-7,10-18,20-21,24-25,27,29,32,36-38H,2-3,8-9H2,(H,33,34,35). The van der Waals surface area contributed by atoms with Gasteiger partial charge in [-0.3, -0.25) is 0 Å². The van der Waals surface area contributed by atoms with E-state index in [4.69, 9.17) is 14.7 Å². The SMILES string of the molecule is OC1=CC(O)C(C2=NC(OC3CCCC3)NC(C3=CC4C(C=CC5C=CC=CC54)c4ccccc43)=N2)C(O)=C1. The molecular weight excluding hydrogens is 490 g/mol. The maximum absolute atomic E-state index is 10.8. The second-order valence-electron chi connectivity index (χ2n) is 11.2. The molecule has 1 heterocycles. The van der Waals surface area contributed by atoms with E-state index in [1.807, 2.05) is 6.07 Å². The van der Waals surface area contributed by atoms with Crippen molar-refractivity contribution in [3.8, 4) is 0 Å². The van der Waals surface area contributed by atoms with E-state index >= 15 is 0 Å². The third-order valence-corrected chi connectivity index (χ3v) is 8.78. The van der Waals surface area contributed by atoms with Crippen LogP contribution in [-0.2, 0) is 4.74 Å². The van der Waals surface area contributed by atoms with Crippen LogP contribution in [0.1, 0.15) is 42.7 Å². The monoisotopic (exact) mass is 523 g/mol. The van der Waals surface area contributed by atoms with Gasteiger partial charge in [0, 0.05) is 23.5 Å². The van der Waals surface area contributed by atoms with Crippen LogP contribution >= 0.6 is 0 Å². The molecule has 5 aliphatic carbocycles. The number of aliphatic imine (C=N–C) groups is 2. The number of nitrogens with zero attached hydrogens (tertiary/aromatic N) is 2. The summed E-state index contributed by atoms with van der Waals surface area (Å²) in [5, 5.41) is 34.9. The van der Waals surface area contributed by atoms with Crippen molar-refractivity contribution in [1.29, 1.82) is 0 Å². The summed E-state index contributed by atoms with van der Waals surface area (Å²) in [5.41, 5.74) is 3.34. The maximum Gasteiger partial charge on any atom is 0.228 e. The molecule has 7 rings (SSSR count). The summed E-state index contributed by atoms with van der Waals surface area (Å²) in [7, 11) is 0. The van der Waals surface area contributed by atoms with Crippen LogP contribution in [0.4, 0.5) is 0 Å². The molecule has 7 atom stereocenters. The Bertz CT molecular complexity index is 1410. The summed E-state index contributed by atoms with van der Waals surface area (Å²) in [4.78, 5) is 9.61. The Balaban J connectivity index is 1.31. The molecule has 0 spiro atoms. The topological polar surface area (TPSA) is 107 Å². The van der Waals surface area contributed by atoms with Crippen LogP contribution in [0.2, 0.25) is 0 Å². The summed E-state index contributed by atoms with van der Waals surface area (Å²) in [6, 6.07) is 8.46. The smallest absolute Gasteiger partial charge is 0.228 e. The average molecular weight is 524 g/mol. The van der Waals surface area contributed by atoms with Gasteiger partial charge >= 0.3 is 0 Å². The van der Waals surface area contributed by atoms with Gasteiger partial charge in [0.1, 0.15) is 29.1 Å². The number of hydrogen-bond acceptors (Lipinski definition) is 7. The van der Waals surface area contributed by atoms with Gasteiger partial charge in [-0.05, 0) is 41.9 Å². The van der Waals surface area contributed by atoms with Crippen molar-refractivity contribution in [3.63, 3.8) is 0 Å². The predicted molar refractivity (Wildman–Crippen MR) is 151 cm³/mol. The fourth-order valence-corrected chi connectivity index (χ4v) is 6.91. The van der Waals surface area contributed by atoms with Crippen LogP contribution in [-0.4, -0.2) is 45.6 Å². The summed E-state index contributed by atoms with van der Waals surface area (Å²) >= 11 is 0. The van der Waals surface area contributed by atoms with Gasteiger partial charge in [-0.25, -0.2) is 9.98 Å². The Labute approximate surface area is 228 Å². The molecular formula is C32H33N3O4. The van der Waals surface area contributed by atoms with Crippen molar-refractivity contribution < 1.29 is 20.1 Å². The Morgan fingerprint density at radius 3 is 2.59 bits per heavy atom. The van der Waals surface area contributed by atoms with Gasteiger partial charge in [0.2, 0.25) is 6.35 Å². The lowest BCUT2D eigenvalue weighted by atomic mass is 9.63. The molecule has 1 aromatic rings. The molecule has 1 fully saturated rings. The molecule has 1 aliphatic heterocycles. The first-order valence-electron chi connectivity index (χ1n) is 14.0. The molecule has 0 bridgehead atoms. The highest BCUT2D eigenvalue weighted by atomic mass is 16.5. The highest BCUT2D eigenvalue weighted by Gasteiger charge is 2.40. The number of rotatable bonds is 4. The molecule has 39 heavy (non-hydrogen) atoms. The third kappa shape index (κ3) is 4.39. The highest BCUT2D eigenvalue weighted by Crippen LogP contribution is 2.49. The second kappa shape index (κ2) is 9.81. The first kappa shape index (κ1) is 24.4. The fourth-order valence-electron chi connectivity index (χ4n) is 6.91. The minimum Gasteiger partial charge on any atom is -0.511 e. The molecule has 0 saturated heterocycles. The van der Waals surface area contributed by atoms with E-state index in [0.29, 0.717) is 17.7 Å². The lowest BCUT2D eigenvalue weighted by Crippen LogP contribution is -2.45. The average Bonchev–Trinajstić information content (AvgIpc) is 3.45. The Kier molecular flexibility index (Phi) is 6.13. The van der Waals surface area contributed by atoms with Gasteiger partial charge < -0.3 is 25.4 Å². The molecule has 0 amide bonds. The number of allylic oxidation sites excluding steroid dienone is 8. The van der Waals surface area contributed by atoms with Gasteiger partial charge in [-0.2, -0.15) is 0 Å². The van der Waals surface area contributed by atoms with Crippen LogP contribution in [0.25, 0.3) is 5.57 Å². The Morgan fingerprint density at radius 1 is 0.923 bits per heavy atom. The quantitative estimate of drug-likeness (QED) is 0.405. The number of hydrogen-bond donors (Lipinski definition) is 4. The van der Waals surface area contributed by atoms with Crippen molar-refractivity contribution in [3.05, 3.63) is 102 Å². The van der Waals surface area contributed by atoms with Crippen molar-refractivity contribution in [1.82, 2.24) is 5.32 Å². The van der Waals surface area contributed by atoms with Crippen LogP contribution < -0.4 is 5.32 Å². The van der Waals surface area contributed by atoms with E-state index in [0.717, 1.165) is 36.8 Å². The zero-order valence-corrected chi connectivity index (χ0v) is 21.6. The van der Waals surface area contributed by atoms with Gasteiger partial charge in [0.05, 0.1) is 12.2 Å². The van der Waals surface area contributed by atoms with Crippen molar-refractivity contribution >= 4 is 17.2 Å². The van der Waals surface area contributed by atoms with Gasteiger partial charge in [0.15, 0.2) is 0 Å². The van der Waals surface area contributed by atoms with E-state index in [-0.39, 0.29) is 35.3 Å². The van der Waals surface area contributed by atoms with E-state index in [9.17, 15) is 15.3 Å². The van der Waals surface area contributed by atoms with Crippen LogP contribution in [0.3, 0.4) is 0 Å². The normalized spacial score (nSPS) is 35.0.